The zero-order chi connectivity index (χ0) is 7.98. The minimum Gasteiger partial charge on any atom is -0.447 e. The molecule has 0 fully saturated rings. The minimum atomic E-state index is -0.362. The summed E-state index contributed by atoms with van der Waals surface area (Å²) in [5.41, 5.74) is 3.57. The Morgan fingerprint density at radius 2 is 2.30 bits per heavy atom. The molecular weight excluding hydrogens is 132 g/mol. The van der Waals surface area contributed by atoms with Gasteiger partial charge in [-0.3, -0.25) is 0 Å². The first-order valence-electron chi connectivity index (χ1n) is 3.40. The number of rotatable bonds is 3. The van der Waals surface area contributed by atoms with Crippen LogP contribution >= 0.6 is 0 Å². The molecule has 0 rings (SSSR count). The Morgan fingerprint density at radius 3 is 2.70 bits per heavy atom. The molecule has 4 heteroatoms. The fourth-order valence-corrected chi connectivity index (χ4v) is 0.446. The van der Waals surface area contributed by atoms with Crippen molar-refractivity contribution in [3.8, 4) is 0 Å². The average molecular weight is 147 g/mol. The summed E-state index contributed by atoms with van der Waals surface area (Å²) < 4.78 is 4.77. The van der Waals surface area contributed by atoms with Crippen molar-refractivity contribution in [2.24, 2.45) is 0 Å². The predicted molar refractivity (Wildman–Crippen MR) is 37.4 cm³/mol. The number of hydrogen-bond donors (Lipinski definition) is 2. The van der Waals surface area contributed by atoms with Gasteiger partial charge in [0.1, 0.15) is 0 Å². The lowest BCUT2D eigenvalue weighted by molar-refractivity contribution is -0.364. The predicted octanol–water partition coefficient (Wildman–Crippen LogP) is -0.637. The number of carbonyl (C=O) groups is 1. The summed E-state index contributed by atoms with van der Waals surface area (Å²) in [6, 6.07) is 0. The van der Waals surface area contributed by atoms with E-state index in [2.05, 4.69) is 11.1 Å². The van der Waals surface area contributed by atoms with E-state index in [1.54, 1.807) is 0 Å². The van der Waals surface area contributed by atoms with Crippen LogP contribution in [0.4, 0.5) is 4.79 Å². The first-order chi connectivity index (χ1) is 4.66. The van der Waals surface area contributed by atoms with Crippen molar-refractivity contribution in [2.45, 2.75) is 20.0 Å². The van der Waals surface area contributed by atoms with Gasteiger partial charge in [0, 0.05) is 0 Å². The molecule has 0 bridgehead atoms. The van der Waals surface area contributed by atoms with Gasteiger partial charge in [-0.2, -0.15) is 0 Å². The molecular formula is C6H15N2O2+. The summed E-state index contributed by atoms with van der Waals surface area (Å²) in [5.74, 6) is 0. The molecule has 60 valence electrons. The molecule has 0 saturated heterocycles. The average Bonchev–Trinajstić information content (AvgIpc) is 1.82. The van der Waals surface area contributed by atoms with Gasteiger partial charge in [0.2, 0.25) is 0 Å². The molecule has 1 amide bonds. The summed E-state index contributed by atoms with van der Waals surface area (Å²) in [6.45, 7) is 4.88. The van der Waals surface area contributed by atoms with Crippen LogP contribution in [0.15, 0.2) is 0 Å². The van der Waals surface area contributed by atoms with Crippen molar-refractivity contribution in [3.63, 3.8) is 0 Å². The number of nitrogens with one attached hydrogen (secondary N) is 1. The number of carbonyl (C=O) groups excluding carboxylic acids is 1. The third kappa shape index (κ3) is 5.37. The number of quaternary nitrogens is 1. The molecule has 0 aliphatic carbocycles. The minimum absolute atomic E-state index is 0.0511. The molecule has 0 atom stereocenters. The van der Waals surface area contributed by atoms with Crippen LogP contribution in [0.1, 0.15) is 13.8 Å². The van der Waals surface area contributed by atoms with Crippen molar-refractivity contribution in [1.29, 1.82) is 0 Å². The van der Waals surface area contributed by atoms with Crippen molar-refractivity contribution in [1.82, 2.24) is 5.32 Å². The molecule has 0 radical (unpaired) electrons. The van der Waals surface area contributed by atoms with Gasteiger partial charge < -0.3 is 15.8 Å². The van der Waals surface area contributed by atoms with Crippen LogP contribution in [0.2, 0.25) is 0 Å². The van der Waals surface area contributed by atoms with Crippen molar-refractivity contribution in [2.75, 3.05) is 13.1 Å². The molecule has 0 aromatic carbocycles. The van der Waals surface area contributed by atoms with Gasteiger partial charge in [0.15, 0.2) is 0 Å². The summed E-state index contributed by atoms with van der Waals surface area (Å²) in [5, 5.41) is 2.54. The topological polar surface area (TPSA) is 66.0 Å². The first-order valence-corrected chi connectivity index (χ1v) is 3.40. The molecule has 0 aromatic rings. The van der Waals surface area contributed by atoms with E-state index in [4.69, 9.17) is 4.74 Å². The summed E-state index contributed by atoms with van der Waals surface area (Å²) in [4.78, 5) is 10.7. The van der Waals surface area contributed by atoms with E-state index in [1.807, 2.05) is 13.8 Å². The van der Waals surface area contributed by atoms with E-state index in [9.17, 15) is 4.79 Å². The Hall–Kier alpha value is -0.770. The SMILES string of the molecule is CC(C)OC(=O)NCC[NH3+]. The van der Waals surface area contributed by atoms with Crippen molar-refractivity contribution in [3.05, 3.63) is 0 Å². The van der Waals surface area contributed by atoms with Crippen LogP contribution in [0, 0.1) is 0 Å². The van der Waals surface area contributed by atoms with E-state index in [0.717, 1.165) is 0 Å². The highest BCUT2D eigenvalue weighted by molar-refractivity contribution is 5.67. The molecule has 0 unspecified atom stereocenters. The Bertz CT molecular complexity index is 104. The summed E-state index contributed by atoms with van der Waals surface area (Å²) >= 11 is 0. The third-order valence-electron chi connectivity index (χ3n) is 0.789. The van der Waals surface area contributed by atoms with Gasteiger partial charge in [0.25, 0.3) is 0 Å². The maximum Gasteiger partial charge on any atom is 0.407 e. The number of ether oxygens (including phenoxy) is 1. The standard InChI is InChI=1S/C6H14N2O2/c1-5(2)10-6(9)8-4-3-7/h5H,3-4,7H2,1-2H3,(H,8,9)/p+1. The maximum atomic E-state index is 10.7. The quantitative estimate of drug-likeness (QED) is 0.557. The monoisotopic (exact) mass is 147 g/mol. The number of alkyl carbamates (subject to hydrolysis) is 1. The Kier molecular flexibility index (Phi) is 4.66. The van der Waals surface area contributed by atoms with Gasteiger partial charge in [-0.15, -0.1) is 0 Å². The van der Waals surface area contributed by atoms with Gasteiger partial charge in [-0.25, -0.2) is 4.79 Å². The van der Waals surface area contributed by atoms with Gasteiger partial charge in [0.05, 0.1) is 19.2 Å². The van der Waals surface area contributed by atoms with Crippen LogP contribution in [-0.4, -0.2) is 25.3 Å². The molecule has 10 heavy (non-hydrogen) atoms. The first kappa shape index (κ1) is 9.23. The lowest BCUT2D eigenvalue weighted by atomic mass is 10.5. The normalized spacial score (nSPS) is 9.60. The second-order valence-electron chi connectivity index (χ2n) is 2.23. The van der Waals surface area contributed by atoms with E-state index < -0.39 is 0 Å². The fraction of sp³-hybridized carbons (Fsp3) is 0.833. The molecule has 0 aliphatic heterocycles. The number of hydrogen-bond acceptors (Lipinski definition) is 2. The Balaban J connectivity index is 3.26. The van der Waals surface area contributed by atoms with E-state index in [0.29, 0.717) is 13.1 Å². The molecule has 0 spiro atoms. The van der Waals surface area contributed by atoms with Gasteiger partial charge >= 0.3 is 6.09 Å². The molecule has 0 saturated carbocycles. The lowest BCUT2D eigenvalue weighted by Gasteiger charge is -2.07. The highest BCUT2D eigenvalue weighted by atomic mass is 16.6. The van der Waals surface area contributed by atoms with Gasteiger partial charge in [-0.05, 0) is 13.8 Å². The van der Waals surface area contributed by atoms with E-state index >= 15 is 0 Å². The largest absolute Gasteiger partial charge is 0.447 e. The second-order valence-corrected chi connectivity index (χ2v) is 2.23. The molecule has 4 N–H and O–H groups in total. The summed E-state index contributed by atoms with van der Waals surface area (Å²) in [6.07, 6.45) is -0.413. The molecule has 0 aromatic heterocycles. The Morgan fingerprint density at radius 1 is 1.70 bits per heavy atom. The van der Waals surface area contributed by atoms with Gasteiger partial charge in [-0.1, -0.05) is 0 Å². The van der Waals surface area contributed by atoms with Crippen LogP contribution in [0.25, 0.3) is 0 Å². The Labute approximate surface area is 60.7 Å². The number of amides is 1. The smallest absolute Gasteiger partial charge is 0.407 e. The molecule has 0 aliphatic rings. The van der Waals surface area contributed by atoms with Crippen LogP contribution in [0.5, 0.6) is 0 Å². The molecule has 4 nitrogen and oxygen atoms in total. The van der Waals surface area contributed by atoms with Crippen molar-refractivity contribution >= 4 is 6.09 Å². The highest BCUT2D eigenvalue weighted by Gasteiger charge is 2.01. The van der Waals surface area contributed by atoms with E-state index in [1.165, 1.54) is 0 Å². The molecule has 0 heterocycles. The third-order valence-corrected chi connectivity index (χ3v) is 0.789. The fourth-order valence-electron chi connectivity index (χ4n) is 0.446. The van der Waals surface area contributed by atoms with Crippen molar-refractivity contribution < 1.29 is 15.3 Å². The van der Waals surface area contributed by atoms with E-state index in [-0.39, 0.29) is 12.2 Å². The van der Waals surface area contributed by atoms with Crippen LogP contribution < -0.4 is 11.1 Å². The van der Waals surface area contributed by atoms with Crippen LogP contribution in [0.3, 0.4) is 0 Å². The maximum absolute atomic E-state index is 10.7. The highest BCUT2D eigenvalue weighted by Crippen LogP contribution is 1.86. The lowest BCUT2D eigenvalue weighted by Crippen LogP contribution is -2.55. The summed E-state index contributed by atoms with van der Waals surface area (Å²) in [7, 11) is 0. The van der Waals surface area contributed by atoms with Crippen LogP contribution in [-0.2, 0) is 4.74 Å². The zero-order valence-electron chi connectivity index (χ0n) is 6.52. The second kappa shape index (κ2) is 5.05. The zero-order valence-corrected chi connectivity index (χ0v) is 6.52.